The second kappa shape index (κ2) is 9.33. The predicted molar refractivity (Wildman–Crippen MR) is 93.2 cm³/mol. The van der Waals surface area contributed by atoms with Crippen LogP contribution in [-0.2, 0) is 22.6 Å². The van der Waals surface area contributed by atoms with E-state index in [9.17, 15) is 0 Å². The lowest BCUT2D eigenvalue weighted by atomic mass is 10.1. The van der Waals surface area contributed by atoms with E-state index in [0.29, 0.717) is 31.8 Å². The van der Waals surface area contributed by atoms with Gasteiger partial charge in [-0.15, -0.1) is 0 Å². The molecule has 0 unspecified atom stereocenters. The SMILES string of the molecule is C=C(C)CNC(N)=NCc1ccc(COC2CCOCC2)cc1. The summed E-state index contributed by atoms with van der Waals surface area (Å²) in [6, 6.07) is 8.31. The van der Waals surface area contributed by atoms with Gasteiger partial charge in [-0.2, -0.15) is 0 Å². The first-order valence-electron chi connectivity index (χ1n) is 8.09. The third-order valence-electron chi connectivity index (χ3n) is 3.68. The van der Waals surface area contributed by atoms with Crippen LogP contribution in [-0.4, -0.2) is 31.8 Å². The van der Waals surface area contributed by atoms with Gasteiger partial charge in [0.1, 0.15) is 0 Å². The number of nitrogens with zero attached hydrogens (tertiary/aromatic N) is 1. The first-order valence-corrected chi connectivity index (χ1v) is 8.09. The van der Waals surface area contributed by atoms with E-state index in [-0.39, 0.29) is 0 Å². The summed E-state index contributed by atoms with van der Waals surface area (Å²) in [6.07, 6.45) is 2.30. The first-order chi connectivity index (χ1) is 11.1. The number of hydrogen-bond donors (Lipinski definition) is 2. The Morgan fingerprint density at radius 1 is 1.30 bits per heavy atom. The van der Waals surface area contributed by atoms with Gasteiger partial charge in [-0.3, -0.25) is 0 Å². The fraction of sp³-hybridized carbons (Fsp3) is 0.500. The zero-order valence-corrected chi connectivity index (χ0v) is 13.9. The molecule has 0 aliphatic carbocycles. The van der Waals surface area contributed by atoms with Crippen LogP contribution in [0.4, 0.5) is 0 Å². The maximum atomic E-state index is 5.92. The molecule has 3 N–H and O–H groups in total. The number of hydrogen-bond acceptors (Lipinski definition) is 3. The Hall–Kier alpha value is -1.85. The molecular formula is C18H27N3O2. The van der Waals surface area contributed by atoms with Crippen LogP contribution in [0.5, 0.6) is 0 Å². The molecule has 1 fully saturated rings. The fourth-order valence-corrected chi connectivity index (χ4v) is 2.27. The molecule has 0 spiro atoms. The van der Waals surface area contributed by atoms with Gasteiger partial charge < -0.3 is 20.5 Å². The minimum absolute atomic E-state index is 0.326. The Labute approximate surface area is 138 Å². The number of nitrogens with two attached hydrogens (primary N) is 1. The van der Waals surface area contributed by atoms with Crippen molar-refractivity contribution in [2.45, 2.75) is 39.0 Å². The van der Waals surface area contributed by atoms with Crippen molar-refractivity contribution in [2.24, 2.45) is 10.7 Å². The minimum atomic E-state index is 0.326. The van der Waals surface area contributed by atoms with Crippen molar-refractivity contribution in [3.8, 4) is 0 Å². The fourth-order valence-electron chi connectivity index (χ4n) is 2.27. The van der Waals surface area contributed by atoms with Crippen LogP contribution >= 0.6 is 0 Å². The Bertz CT molecular complexity index is 520. The Morgan fingerprint density at radius 2 is 1.96 bits per heavy atom. The summed E-state index contributed by atoms with van der Waals surface area (Å²) in [5.41, 5.74) is 9.13. The van der Waals surface area contributed by atoms with Crippen LogP contribution in [0, 0.1) is 0 Å². The predicted octanol–water partition coefficient (Wildman–Crippen LogP) is 2.36. The highest BCUT2D eigenvalue weighted by atomic mass is 16.5. The standard InChI is InChI=1S/C18H27N3O2/c1-14(2)11-20-18(19)21-12-15-3-5-16(6-4-15)13-23-17-7-9-22-10-8-17/h3-6,17H,1,7-13H2,2H3,(H3,19,20,21). The lowest BCUT2D eigenvalue weighted by Gasteiger charge is -2.22. The molecule has 1 heterocycles. The zero-order valence-electron chi connectivity index (χ0n) is 13.9. The molecule has 1 aliphatic rings. The number of aliphatic imine (C=N–C) groups is 1. The van der Waals surface area contributed by atoms with Gasteiger partial charge in [0.25, 0.3) is 0 Å². The van der Waals surface area contributed by atoms with E-state index in [1.165, 1.54) is 5.56 Å². The summed E-state index contributed by atoms with van der Waals surface area (Å²) in [4.78, 5) is 4.31. The average Bonchev–Trinajstić information content (AvgIpc) is 2.58. The number of guanidine groups is 1. The van der Waals surface area contributed by atoms with E-state index in [1.807, 2.05) is 6.92 Å². The van der Waals surface area contributed by atoms with Gasteiger partial charge in [0, 0.05) is 19.8 Å². The molecule has 0 aromatic heterocycles. The highest BCUT2D eigenvalue weighted by Crippen LogP contribution is 2.14. The van der Waals surface area contributed by atoms with Crippen LogP contribution in [0.3, 0.4) is 0 Å². The second-order valence-corrected chi connectivity index (χ2v) is 5.95. The molecule has 0 amide bonds. The topological polar surface area (TPSA) is 68.9 Å². The largest absolute Gasteiger partial charge is 0.381 e. The van der Waals surface area contributed by atoms with Crippen molar-refractivity contribution in [1.29, 1.82) is 0 Å². The van der Waals surface area contributed by atoms with E-state index in [4.69, 9.17) is 15.2 Å². The monoisotopic (exact) mass is 317 g/mol. The smallest absolute Gasteiger partial charge is 0.189 e. The first kappa shape index (κ1) is 17.5. The summed E-state index contributed by atoms with van der Waals surface area (Å²) in [6.45, 7) is 9.24. The Morgan fingerprint density at radius 3 is 2.61 bits per heavy atom. The van der Waals surface area contributed by atoms with Crippen molar-refractivity contribution in [1.82, 2.24) is 5.32 Å². The molecule has 1 aliphatic heterocycles. The lowest BCUT2D eigenvalue weighted by molar-refractivity contribution is -0.0390. The molecule has 0 saturated carbocycles. The molecule has 0 atom stereocenters. The summed E-state index contributed by atoms with van der Waals surface area (Å²) in [7, 11) is 0. The van der Waals surface area contributed by atoms with Crippen molar-refractivity contribution in [2.75, 3.05) is 19.8 Å². The van der Waals surface area contributed by atoms with Crippen LogP contribution in [0.25, 0.3) is 0 Å². The minimum Gasteiger partial charge on any atom is -0.381 e. The third kappa shape index (κ3) is 6.84. The molecule has 1 aromatic rings. The van der Waals surface area contributed by atoms with Crippen LogP contribution in [0.15, 0.2) is 41.4 Å². The number of ether oxygens (including phenoxy) is 2. The Balaban J connectivity index is 1.75. The number of nitrogens with one attached hydrogen (secondary N) is 1. The van der Waals surface area contributed by atoms with Crippen LogP contribution in [0.2, 0.25) is 0 Å². The van der Waals surface area contributed by atoms with Gasteiger partial charge in [-0.1, -0.05) is 36.4 Å². The molecule has 1 saturated heterocycles. The molecular weight excluding hydrogens is 290 g/mol. The Kier molecular flexibility index (Phi) is 7.10. The van der Waals surface area contributed by atoms with Crippen molar-refractivity contribution in [3.05, 3.63) is 47.5 Å². The summed E-state index contributed by atoms with van der Waals surface area (Å²) in [5.74, 6) is 0.444. The molecule has 1 aromatic carbocycles. The van der Waals surface area contributed by atoms with E-state index in [0.717, 1.165) is 37.2 Å². The summed E-state index contributed by atoms with van der Waals surface area (Å²) >= 11 is 0. The maximum Gasteiger partial charge on any atom is 0.189 e. The van der Waals surface area contributed by atoms with Gasteiger partial charge in [0.05, 0.1) is 19.3 Å². The summed E-state index contributed by atoms with van der Waals surface area (Å²) in [5, 5.41) is 3.02. The van der Waals surface area contributed by atoms with Gasteiger partial charge in [0.2, 0.25) is 0 Å². The molecule has 126 valence electrons. The van der Waals surface area contributed by atoms with Crippen LogP contribution < -0.4 is 11.1 Å². The molecule has 0 radical (unpaired) electrons. The van der Waals surface area contributed by atoms with E-state index >= 15 is 0 Å². The van der Waals surface area contributed by atoms with Crippen molar-refractivity contribution >= 4 is 5.96 Å². The van der Waals surface area contributed by atoms with Gasteiger partial charge >= 0.3 is 0 Å². The average molecular weight is 317 g/mol. The zero-order chi connectivity index (χ0) is 16.5. The van der Waals surface area contributed by atoms with Crippen molar-refractivity contribution in [3.63, 3.8) is 0 Å². The van der Waals surface area contributed by atoms with Gasteiger partial charge in [-0.05, 0) is 30.9 Å². The highest BCUT2D eigenvalue weighted by molar-refractivity contribution is 5.78. The second-order valence-electron chi connectivity index (χ2n) is 5.95. The normalized spacial score (nSPS) is 16.3. The van der Waals surface area contributed by atoms with E-state index in [1.54, 1.807) is 0 Å². The molecule has 23 heavy (non-hydrogen) atoms. The van der Waals surface area contributed by atoms with Gasteiger partial charge in [-0.25, -0.2) is 4.99 Å². The molecule has 5 nitrogen and oxygen atoms in total. The lowest BCUT2D eigenvalue weighted by Crippen LogP contribution is -2.32. The summed E-state index contributed by atoms with van der Waals surface area (Å²) < 4.78 is 11.2. The van der Waals surface area contributed by atoms with Crippen LogP contribution in [0.1, 0.15) is 30.9 Å². The van der Waals surface area contributed by atoms with E-state index in [2.05, 4.69) is 41.2 Å². The van der Waals surface area contributed by atoms with Gasteiger partial charge in [0.15, 0.2) is 5.96 Å². The molecule has 5 heteroatoms. The highest BCUT2D eigenvalue weighted by Gasteiger charge is 2.13. The van der Waals surface area contributed by atoms with E-state index < -0.39 is 0 Å². The number of benzene rings is 1. The van der Waals surface area contributed by atoms with Crippen molar-refractivity contribution < 1.29 is 9.47 Å². The number of rotatable bonds is 7. The molecule has 2 rings (SSSR count). The third-order valence-corrected chi connectivity index (χ3v) is 3.68. The quantitative estimate of drug-likeness (QED) is 0.460. The molecule has 0 bridgehead atoms. The maximum absolute atomic E-state index is 5.92.